The minimum absolute atomic E-state index is 0.0954. The number of hydrogen-bond acceptors (Lipinski definition) is 3. The number of likely N-dealkylation sites (tertiary alicyclic amines) is 1. The molecular weight excluding hydrogens is 513 g/mol. The summed E-state index contributed by atoms with van der Waals surface area (Å²) < 4.78 is 14.1. The highest BCUT2D eigenvalue weighted by atomic mass is 19.1. The standard InChI is InChI=1S/C29H41N3O2.C6H5F/c1-2-32-26(17-21-6-4-3-5-7-21)19-28(30-32)24-12-14-31(15-13-24)20-23-10-11-25(16-23)27(29(33)34)18-22-8-9-22;7-6-4-2-1-3-5-6/h3-7,19,22-25,27H,2,8-18,20H2,1H3,(H,33,34);1-5H. The lowest BCUT2D eigenvalue weighted by Crippen LogP contribution is -2.36. The van der Waals surface area contributed by atoms with E-state index < -0.39 is 5.97 Å². The van der Waals surface area contributed by atoms with Gasteiger partial charge in [-0.3, -0.25) is 9.48 Å². The van der Waals surface area contributed by atoms with E-state index in [9.17, 15) is 14.3 Å². The SMILES string of the molecule is CCn1nc(C2CCN(CC3CCC(C(CC4CC4)C(=O)O)C3)CC2)cc1Cc1ccccc1.Fc1ccccc1. The highest BCUT2D eigenvalue weighted by molar-refractivity contribution is 5.70. The molecule has 1 N–H and O–H groups in total. The molecule has 220 valence electrons. The molecule has 3 aromatic rings. The van der Waals surface area contributed by atoms with E-state index in [2.05, 4.69) is 52.9 Å². The molecule has 3 aliphatic rings. The number of nitrogens with zero attached hydrogens (tertiary/aromatic N) is 3. The molecule has 5 nitrogen and oxygen atoms in total. The number of carboxylic acids is 1. The van der Waals surface area contributed by atoms with Gasteiger partial charge in [0.25, 0.3) is 0 Å². The first-order valence-electron chi connectivity index (χ1n) is 15.7. The molecule has 6 rings (SSSR count). The summed E-state index contributed by atoms with van der Waals surface area (Å²) in [6, 6.07) is 21.0. The number of aromatic nitrogens is 2. The highest BCUT2D eigenvalue weighted by Gasteiger charge is 2.39. The zero-order chi connectivity index (χ0) is 28.6. The van der Waals surface area contributed by atoms with Gasteiger partial charge in [0.15, 0.2) is 0 Å². The minimum Gasteiger partial charge on any atom is -0.481 e. The molecule has 41 heavy (non-hydrogen) atoms. The van der Waals surface area contributed by atoms with Crippen molar-refractivity contribution in [3.63, 3.8) is 0 Å². The summed E-state index contributed by atoms with van der Waals surface area (Å²) in [4.78, 5) is 14.5. The van der Waals surface area contributed by atoms with Crippen molar-refractivity contribution in [1.29, 1.82) is 0 Å². The molecule has 1 aliphatic heterocycles. The molecule has 0 radical (unpaired) electrons. The van der Waals surface area contributed by atoms with Crippen molar-refractivity contribution in [3.8, 4) is 0 Å². The summed E-state index contributed by atoms with van der Waals surface area (Å²) in [6.07, 6.45) is 10.2. The first kappa shape index (κ1) is 29.5. The van der Waals surface area contributed by atoms with Crippen LogP contribution in [0.3, 0.4) is 0 Å². The minimum atomic E-state index is -0.545. The fourth-order valence-electron chi connectivity index (χ4n) is 6.94. The van der Waals surface area contributed by atoms with Gasteiger partial charge in [-0.05, 0) is 100 Å². The number of carboxylic acid groups (broad SMARTS) is 1. The van der Waals surface area contributed by atoms with E-state index in [1.54, 1.807) is 18.2 Å². The van der Waals surface area contributed by atoms with Gasteiger partial charge in [0.05, 0.1) is 11.6 Å². The van der Waals surface area contributed by atoms with Gasteiger partial charge in [0.1, 0.15) is 5.82 Å². The number of halogens is 1. The van der Waals surface area contributed by atoms with Gasteiger partial charge in [0.2, 0.25) is 0 Å². The summed E-state index contributed by atoms with van der Waals surface area (Å²) in [7, 11) is 0. The fourth-order valence-corrected chi connectivity index (χ4v) is 6.94. The van der Waals surface area contributed by atoms with E-state index in [-0.39, 0.29) is 11.7 Å². The van der Waals surface area contributed by atoms with Gasteiger partial charge >= 0.3 is 5.97 Å². The molecule has 0 amide bonds. The van der Waals surface area contributed by atoms with Crippen LogP contribution in [0.25, 0.3) is 0 Å². The van der Waals surface area contributed by atoms with E-state index >= 15 is 0 Å². The van der Waals surface area contributed by atoms with Crippen LogP contribution in [-0.4, -0.2) is 45.4 Å². The van der Waals surface area contributed by atoms with Crippen molar-refractivity contribution in [3.05, 3.63) is 89.5 Å². The predicted molar refractivity (Wildman–Crippen MR) is 161 cm³/mol. The number of aryl methyl sites for hydroxylation is 1. The number of piperidine rings is 1. The summed E-state index contributed by atoms with van der Waals surface area (Å²) >= 11 is 0. The van der Waals surface area contributed by atoms with Gasteiger partial charge < -0.3 is 10.0 Å². The average molecular weight is 560 g/mol. The maximum atomic E-state index is 11.9. The van der Waals surface area contributed by atoms with Crippen molar-refractivity contribution in [2.45, 2.75) is 77.2 Å². The van der Waals surface area contributed by atoms with Gasteiger partial charge in [-0.2, -0.15) is 5.10 Å². The number of benzene rings is 2. The Hall–Kier alpha value is -2.99. The predicted octanol–water partition coefficient (Wildman–Crippen LogP) is 7.42. The number of aliphatic carboxylic acids is 1. The highest BCUT2D eigenvalue weighted by Crippen LogP contribution is 2.44. The second-order valence-electron chi connectivity index (χ2n) is 12.5. The summed E-state index contributed by atoms with van der Waals surface area (Å²) in [5, 5.41) is 14.8. The van der Waals surface area contributed by atoms with Gasteiger partial charge in [-0.15, -0.1) is 0 Å². The quantitative estimate of drug-likeness (QED) is 0.281. The molecule has 0 bridgehead atoms. The zero-order valence-electron chi connectivity index (χ0n) is 24.5. The van der Waals surface area contributed by atoms with Crippen LogP contribution in [0.1, 0.15) is 81.2 Å². The van der Waals surface area contributed by atoms with Crippen LogP contribution in [0.15, 0.2) is 66.7 Å². The molecule has 2 aromatic carbocycles. The molecule has 1 aromatic heterocycles. The lowest BCUT2D eigenvalue weighted by atomic mass is 9.85. The van der Waals surface area contributed by atoms with Gasteiger partial charge in [-0.1, -0.05) is 61.4 Å². The Morgan fingerprint density at radius 2 is 1.61 bits per heavy atom. The first-order chi connectivity index (χ1) is 20.0. The van der Waals surface area contributed by atoms with Crippen LogP contribution in [0, 0.1) is 29.5 Å². The molecule has 0 spiro atoms. The van der Waals surface area contributed by atoms with Crippen LogP contribution in [0.4, 0.5) is 4.39 Å². The van der Waals surface area contributed by atoms with Crippen molar-refractivity contribution in [1.82, 2.24) is 14.7 Å². The molecule has 3 fully saturated rings. The maximum Gasteiger partial charge on any atom is 0.306 e. The maximum absolute atomic E-state index is 11.9. The topological polar surface area (TPSA) is 58.4 Å². The van der Waals surface area contributed by atoms with Crippen LogP contribution in [-0.2, 0) is 17.8 Å². The number of rotatable bonds is 10. The molecular formula is C35H46FN3O2. The zero-order valence-corrected chi connectivity index (χ0v) is 24.5. The largest absolute Gasteiger partial charge is 0.481 e. The third kappa shape index (κ3) is 8.51. The van der Waals surface area contributed by atoms with Crippen molar-refractivity contribution < 1.29 is 14.3 Å². The van der Waals surface area contributed by atoms with Crippen LogP contribution in [0.5, 0.6) is 0 Å². The lowest BCUT2D eigenvalue weighted by Gasteiger charge is -2.33. The lowest BCUT2D eigenvalue weighted by molar-refractivity contribution is -0.144. The molecule has 2 saturated carbocycles. The van der Waals surface area contributed by atoms with Crippen LogP contribution < -0.4 is 0 Å². The third-order valence-electron chi connectivity index (χ3n) is 9.42. The van der Waals surface area contributed by atoms with Crippen molar-refractivity contribution in [2.75, 3.05) is 19.6 Å². The summed E-state index contributed by atoms with van der Waals surface area (Å²) in [6.45, 7) is 6.54. The smallest absolute Gasteiger partial charge is 0.306 e. The average Bonchev–Trinajstić information content (AvgIpc) is 3.55. The molecule has 3 atom stereocenters. The molecule has 6 heteroatoms. The van der Waals surface area contributed by atoms with Gasteiger partial charge in [0, 0.05) is 31.1 Å². The summed E-state index contributed by atoms with van der Waals surface area (Å²) in [5.41, 5.74) is 3.94. The number of carbonyl (C=O) groups is 1. The molecule has 2 aliphatic carbocycles. The van der Waals surface area contributed by atoms with Crippen LogP contribution in [0.2, 0.25) is 0 Å². The van der Waals surface area contributed by atoms with E-state index in [0.717, 1.165) is 51.9 Å². The van der Waals surface area contributed by atoms with E-state index in [4.69, 9.17) is 5.10 Å². The summed E-state index contributed by atoms with van der Waals surface area (Å²) in [5.74, 6) is 1.52. The fraction of sp³-hybridized carbons (Fsp3) is 0.543. The van der Waals surface area contributed by atoms with Crippen molar-refractivity contribution >= 4 is 5.97 Å². The second kappa shape index (κ2) is 14.3. The number of hydrogen-bond donors (Lipinski definition) is 1. The van der Waals surface area contributed by atoms with Crippen molar-refractivity contribution in [2.24, 2.45) is 23.7 Å². The molecule has 1 saturated heterocycles. The molecule has 2 heterocycles. The Balaban J connectivity index is 0.000000423. The van der Waals surface area contributed by atoms with E-state index in [0.29, 0.717) is 23.7 Å². The first-order valence-corrected chi connectivity index (χ1v) is 15.7. The Kier molecular flexibility index (Phi) is 10.3. The normalized spacial score (nSPS) is 22.2. The monoisotopic (exact) mass is 559 g/mol. The Labute approximate surface area is 244 Å². The molecule has 3 unspecified atom stereocenters. The Morgan fingerprint density at radius 1 is 0.951 bits per heavy atom. The Bertz CT molecular complexity index is 1220. The van der Waals surface area contributed by atoms with E-state index in [1.807, 2.05) is 0 Å². The Morgan fingerprint density at radius 3 is 2.20 bits per heavy atom. The third-order valence-corrected chi connectivity index (χ3v) is 9.42. The van der Waals surface area contributed by atoms with Gasteiger partial charge in [-0.25, -0.2) is 4.39 Å². The van der Waals surface area contributed by atoms with E-state index in [1.165, 1.54) is 61.2 Å². The van der Waals surface area contributed by atoms with Crippen LogP contribution >= 0.6 is 0 Å². The second-order valence-corrected chi connectivity index (χ2v) is 12.5.